The molecule has 0 N–H and O–H groups in total. The molecule has 0 amide bonds. The molecular weight excluding hydrogens is 180 g/mol. The van der Waals surface area contributed by atoms with Gasteiger partial charge in [-0.15, -0.1) is 0 Å². The minimum absolute atomic E-state index is 0.888. The van der Waals surface area contributed by atoms with Gasteiger partial charge in [-0.3, -0.25) is 0 Å². The van der Waals surface area contributed by atoms with Crippen molar-refractivity contribution in [3.63, 3.8) is 0 Å². The lowest BCUT2D eigenvalue weighted by atomic mass is 9.66. The summed E-state index contributed by atoms with van der Waals surface area (Å²) in [6.07, 6.45) is 7.13. The number of benzene rings is 1. The molecule has 0 aliphatic heterocycles. The smallest absolute Gasteiger partial charge is 0.0128 e. The summed E-state index contributed by atoms with van der Waals surface area (Å²) < 4.78 is 0. The first-order chi connectivity index (χ1) is 7.34. The lowest BCUT2D eigenvalue weighted by molar-refractivity contribution is 0.225. The Kier molecular flexibility index (Phi) is 2.31. The summed E-state index contributed by atoms with van der Waals surface area (Å²) in [4.78, 5) is 0. The first kappa shape index (κ1) is 9.45. The molecule has 2 aliphatic carbocycles. The van der Waals surface area contributed by atoms with Crippen molar-refractivity contribution >= 4 is 0 Å². The van der Waals surface area contributed by atoms with Gasteiger partial charge in [0.25, 0.3) is 0 Å². The summed E-state index contributed by atoms with van der Waals surface area (Å²) in [7, 11) is 0. The summed E-state index contributed by atoms with van der Waals surface area (Å²) in [5.41, 5.74) is 3.31. The summed E-state index contributed by atoms with van der Waals surface area (Å²) in [6.45, 7) is 2.42. The van der Waals surface area contributed by atoms with Gasteiger partial charge >= 0.3 is 0 Å². The maximum atomic E-state index is 2.42. The molecule has 0 heterocycles. The largest absolute Gasteiger partial charge is 0.0625 e. The first-order valence-corrected chi connectivity index (χ1v) is 6.42. The van der Waals surface area contributed by atoms with E-state index >= 15 is 0 Å². The van der Waals surface area contributed by atoms with E-state index < -0.39 is 0 Å². The molecule has 0 spiro atoms. The predicted molar refractivity (Wildman–Crippen MR) is 64.0 cm³/mol. The minimum Gasteiger partial charge on any atom is -0.0625 e. The van der Waals surface area contributed by atoms with Crippen LogP contribution in [0.25, 0.3) is 0 Å². The second kappa shape index (κ2) is 3.66. The fourth-order valence-electron chi connectivity index (χ4n) is 3.63. The van der Waals surface area contributed by atoms with Gasteiger partial charge < -0.3 is 0 Å². The topological polar surface area (TPSA) is 0 Å². The number of aryl methyl sites for hydroxylation is 1. The molecule has 3 rings (SSSR count). The monoisotopic (exact) mass is 200 g/mol. The summed E-state index contributed by atoms with van der Waals surface area (Å²) in [5, 5.41) is 0. The van der Waals surface area contributed by atoms with Crippen LogP contribution in [0, 0.1) is 11.8 Å². The highest BCUT2D eigenvalue weighted by molar-refractivity contribution is 5.33. The number of fused-ring (bicyclic) bond motifs is 3. The molecule has 1 saturated carbocycles. The molecular formula is C15H20. The second-order valence-corrected chi connectivity index (χ2v) is 5.52. The Labute approximate surface area is 92.7 Å². The van der Waals surface area contributed by atoms with Gasteiger partial charge in [0.05, 0.1) is 0 Å². The third-order valence-corrected chi connectivity index (χ3v) is 4.49. The number of hydrogen-bond donors (Lipinski definition) is 0. The highest BCUT2D eigenvalue weighted by atomic mass is 14.4. The molecule has 0 heteroatoms. The van der Waals surface area contributed by atoms with Gasteiger partial charge in [0.1, 0.15) is 0 Å². The summed E-state index contributed by atoms with van der Waals surface area (Å²) in [6, 6.07) is 9.14. The molecule has 0 radical (unpaired) electrons. The maximum absolute atomic E-state index is 2.42. The number of hydrogen-bond acceptors (Lipinski definition) is 0. The van der Waals surface area contributed by atoms with Crippen LogP contribution in [0.5, 0.6) is 0 Å². The van der Waals surface area contributed by atoms with E-state index in [9.17, 15) is 0 Å². The molecule has 1 aromatic carbocycles. The van der Waals surface area contributed by atoms with E-state index in [0.717, 1.165) is 17.8 Å². The standard InChI is InChI=1S/C15H20/c1-11-6-7-13-9-8-12-4-2-3-5-14(12)15(13)10-11/h2-5,11,13,15H,6-10H2,1H3. The average Bonchev–Trinajstić information content (AvgIpc) is 2.29. The first-order valence-electron chi connectivity index (χ1n) is 6.42. The van der Waals surface area contributed by atoms with Gasteiger partial charge in [0, 0.05) is 0 Å². The van der Waals surface area contributed by atoms with E-state index in [2.05, 4.69) is 31.2 Å². The number of rotatable bonds is 0. The van der Waals surface area contributed by atoms with Gasteiger partial charge in [-0.2, -0.15) is 0 Å². The van der Waals surface area contributed by atoms with Gasteiger partial charge in [-0.05, 0) is 54.6 Å². The van der Waals surface area contributed by atoms with E-state index in [1.165, 1.54) is 32.1 Å². The van der Waals surface area contributed by atoms with Gasteiger partial charge in [0.15, 0.2) is 0 Å². The van der Waals surface area contributed by atoms with Crippen molar-refractivity contribution in [3.8, 4) is 0 Å². The lowest BCUT2D eigenvalue weighted by Gasteiger charge is -2.39. The highest BCUT2D eigenvalue weighted by Crippen LogP contribution is 2.46. The fourth-order valence-corrected chi connectivity index (χ4v) is 3.63. The zero-order valence-electron chi connectivity index (χ0n) is 9.58. The fraction of sp³-hybridized carbons (Fsp3) is 0.600. The second-order valence-electron chi connectivity index (χ2n) is 5.52. The van der Waals surface area contributed by atoms with Crippen molar-refractivity contribution in [2.75, 3.05) is 0 Å². The van der Waals surface area contributed by atoms with Gasteiger partial charge in [-0.1, -0.05) is 37.6 Å². The molecule has 3 atom stereocenters. The molecule has 0 aromatic heterocycles. The zero-order chi connectivity index (χ0) is 10.3. The maximum Gasteiger partial charge on any atom is -0.0128 e. The van der Waals surface area contributed by atoms with Crippen molar-refractivity contribution in [1.29, 1.82) is 0 Å². The molecule has 80 valence electrons. The Hall–Kier alpha value is -0.780. The van der Waals surface area contributed by atoms with E-state index in [-0.39, 0.29) is 0 Å². The molecule has 0 saturated heterocycles. The summed E-state index contributed by atoms with van der Waals surface area (Å²) in [5.74, 6) is 2.83. The van der Waals surface area contributed by atoms with Crippen LogP contribution >= 0.6 is 0 Å². The van der Waals surface area contributed by atoms with Crippen LogP contribution in [0.1, 0.15) is 49.7 Å². The third kappa shape index (κ3) is 1.60. The molecule has 15 heavy (non-hydrogen) atoms. The van der Waals surface area contributed by atoms with Crippen LogP contribution in [0.3, 0.4) is 0 Å². The lowest BCUT2D eigenvalue weighted by Crippen LogP contribution is -2.26. The van der Waals surface area contributed by atoms with Gasteiger partial charge in [-0.25, -0.2) is 0 Å². The molecule has 3 unspecified atom stereocenters. The third-order valence-electron chi connectivity index (χ3n) is 4.49. The van der Waals surface area contributed by atoms with Crippen molar-refractivity contribution in [2.24, 2.45) is 11.8 Å². The Morgan fingerprint density at radius 2 is 1.93 bits per heavy atom. The molecule has 1 fully saturated rings. The van der Waals surface area contributed by atoms with Crippen LogP contribution in [0.4, 0.5) is 0 Å². The molecule has 0 nitrogen and oxygen atoms in total. The Balaban J connectivity index is 1.96. The van der Waals surface area contributed by atoms with Crippen LogP contribution in [-0.2, 0) is 6.42 Å². The molecule has 0 bridgehead atoms. The average molecular weight is 200 g/mol. The molecule has 1 aromatic rings. The molecule has 2 aliphatic rings. The quantitative estimate of drug-likeness (QED) is 0.590. The van der Waals surface area contributed by atoms with E-state index in [4.69, 9.17) is 0 Å². The van der Waals surface area contributed by atoms with Crippen molar-refractivity contribution in [2.45, 2.75) is 44.9 Å². The van der Waals surface area contributed by atoms with Crippen molar-refractivity contribution in [3.05, 3.63) is 35.4 Å². The predicted octanol–water partition coefficient (Wildman–Crippen LogP) is 4.15. The summed E-state index contributed by atoms with van der Waals surface area (Å²) >= 11 is 0. The highest BCUT2D eigenvalue weighted by Gasteiger charge is 2.33. The van der Waals surface area contributed by atoms with Crippen LogP contribution in [0.15, 0.2) is 24.3 Å². The Morgan fingerprint density at radius 1 is 1.07 bits per heavy atom. The van der Waals surface area contributed by atoms with Crippen molar-refractivity contribution in [1.82, 2.24) is 0 Å². The normalized spacial score (nSPS) is 34.3. The minimum atomic E-state index is 0.888. The Morgan fingerprint density at radius 3 is 2.87 bits per heavy atom. The van der Waals surface area contributed by atoms with E-state index in [1.807, 2.05) is 0 Å². The van der Waals surface area contributed by atoms with E-state index in [0.29, 0.717) is 0 Å². The van der Waals surface area contributed by atoms with Crippen LogP contribution in [-0.4, -0.2) is 0 Å². The zero-order valence-corrected chi connectivity index (χ0v) is 9.58. The Bertz CT molecular complexity index is 353. The SMILES string of the molecule is CC1CCC2CCc3ccccc3C2C1. The van der Waals surface area contributed by atoms with Crippen molar-refractivity contribution < 1.29 is 0 Å². The van der Waals surface area contributed by atoms with E-state index in [1.54, 1.807) is 11.1 Å². The van der Waals surface area contributed by atoms with Crippen LogP contribution < -0.4 is 0 Å². The van der Waals surface area contributed by atoms with Crippen LogP contribution in [0.2, 0.25) is 0 Å². The van der Waals surface area contributed by atoms with Gasteiger partial charge in [0.2, 0.25) is 0 Å².